The molecule has 0 saturated carbocycles. The molecule has 1 fully saturated rings. The standard InChI is InChI=1S/C12H15NO2/c1-12(2)9-7-14-10-6-4-3-5-8(10)11(9)13-15-12/h3-6,9,11,13H,7H2,1-2H3. The topological polar surface area (TPSA) is 30.5 Å². The van der Waals surface area contributed by atoms with Crippen molar-refractivity contribution in [1.29, 1.82) is 0 Å². The molecule has 1 aromatic rings. The Labute approximate surface area is 89.3 Å². The Bertz CT molecular complexity index is 389. The number of fused-ring (bicyclic) bond motifs is 3. The van der Waals surface area contributed by atoms with Crippen molar-refractivity contribution in [3.8, 4) is 5.75 Å². The van der Waals surface area contributed by atoms with E-state index in [0.717, 1.165) is 12.4 Å². The van der Waals surface area contributed by atoms with Crippen LogP contribution in [0.5, 0.6) is 5.75 Å². The fraction of sp³-hybridized carbons (Fsp3) is 0.500. The van der Waals surface area contributed by atoms with Crippen LogP contribution >= 0.6 is 0 Å². The molecule has 1 saturated heterocycles. The first-order valence-corrected chi connectivity index (χ1v) is 5.34. The lowest BCUT2D eigenvalue weighted by Gasteiger charge is -2.31. The van der Waals surface area contributed by atoms with E-state index < -0.39 is 0 Å². The highest BCUT2D eigenvalue weighted by Gasteiger charge is 2.47. The summed E-state index contributed by atoms with van der Waals surface area (Å²) in [5.41, 5.74) is 4.18. The van der Waals surface area contributed by atoms with Gasteiger partial charge in [-0.1, -0.05) is 18.2 Å². The quantitative estimate of drug-likeness (QED) is 0.703. The van der Waals surface area contributed by atoms with Crippen LogP contribution in [0.15, 0.2) is 24.3 Å². The van der Waals surface area contributed by atoms with Gasteiger partial charge in [0.25, 0.3) is 0 Å². The predicted molar refractivity (Wildman–Crippen MR) is 56.5 cm³/mol. The van der Waals surface area contributed by atoms with Crippen molar-refractivity contribution < 1.29 is 9.57 Å². The number of hydroxylamine groups is 1. The molecule has 1 aromatic carbocycles. The second-order valence-electron chi connectivity index (χ2n) is 4.76. The Kier molecular flexibility index (Phi) is 1.82. The molecule has 1 N–H and O–H groups in total. The summed E-state index contributed by atoms with van der Waals surface area (Å²) in [5, 5.41) is 0. The minimum Gasteiger partial charge on any atom is -0.493 e. The van der Waals surface area contributed by atoms with E-state index in [-0.39, 0.29) is 11.6 Å². The van der Waals surface area contributed by atoms with E-state index in [2.05, 4.69) is 25.4 Å². The van der Waals surface area contributed by atoms with Gasteiger partial charge in [-0.3, -0.25) is 4.84 Å². The third kappa shape index (κ3) is 1.27. The fourth-order valence-corrected chi connectivity index (χ4v) is 2.40. The van der Waals surface area contributed by atoms with Crippen molar-refractivity contribution in [2.75, 3.05) is 6.61 Å². The Morgan fingerprint density at radius 1 is 1.33 bits per heavy atom. The normalized spacial score (nSPS) is 31.6. The zero-order valence-corrected chi connectivity index (χ0v) is 8.99. The second-order valence-corrected chi connectivity index (χ2v) is 4.76. The minimum absolute atomic E-state index is 0.155. The molecule has 2 heterocycles. The van der Waals surface area contributed by atoms with Crippen molar-refractivity contribution >= 4 is 0 Å². The summed E-state index contributed by atoms with van der Waals surface area (Å²) in [6.07, 6.45) is 0. The summed E-state index contributed by atoms with van der Waals surface area (Å²) in [7, 11) is 0. The van der Waals surface area contributed by atoms with Gasteiger partial charge in [-0.25, -0.2) is 0 Å². The highest BCUT2D eigenvalue weighted by molar-refractivity contribution is 5.38. The highest BCUT2D eigenvalue weighted by Crippen LogP contribution is 2.44. The van der Waals surface area contributed by atoms with Crippen LogP contribution in [-0.2, 0) is 4.84 Å². The molecule has 3 rings (SSSR count). The molecule has 2 unspecified atom stereocenters. The summed E-state index contributed by atoms with van der Waals surface area (Å²) < 4.78 is 5.75. The molecule has 0 aliphatic carbocycles. The van der Waals surface area contributed by atoms with Crippen molar-refractivity contribution in [3.63, 3.8) is 0 Å². The Hall–Kier alpha value is -1.06. The van der Waals surface area contributed by atoms with Crippen LogP contribution in [0.4, 0.5) is 0 Å². The molecule has 80 valence electrons. The number of nitrogens with one attached hydrogen (secondary N) is 1. The Morgan fingerprint density at radius 2 is 2.13 bits per heavy atom. The SMILES string of the molecule is CC1(C)ONC2c3ccccc3OCC21. The van der Waals surface area contributed by atoms with E-state index >= 15 is 0 Å². The Morgan fingerprint density at radius 3 is 3.00 bits per heavy atom. The van der Waals surface area contributed by atoms with Crippen LogP contribution in [0.3, 0.4) is 0 Å². The molecular weight excluding hydrogens is 190 g/mol. The highest BCUT2D eigenvalue weighted by atomic mass is 16.7. The molecular formula is C12H15NO2. The van der Waals surface area contributed by atoms with Gasteiger partial charge in [0, 0.05) is 11.5 Å². The molecule has 0 aromatic heterocycles. The molecule has 2 aliphatic rings. The average Bonchev–Trinajstić information content (AvgIpc) is 2.55. The van der Waals surface area contributed by atoms with Crippen LogP contribution in [0.2, 0.25) is 0 Å². The van der Waals surface area contributed by atoms with Gasteiger partial charge < -0.3 is 4.74 Å². The van der Waals surface area contributed by atoms with Gasteiger partial charge in [0.1, 0.15) is 5.75 Å². The summed E-state index contributed by atoms with van der Waals surface area (Å²) >= 11 is 0. The number of para-hydroxylation sites is 1. The molecule has 2 aliphatic heterocycles. The first kappa shape index (κ1) is 9.19. The Balaban J connectivity index is 2.03. The monoisotopic (exact) mass is 205 g/mol. The summed E-state index contributed by atoms with van der Waals surface area (Å²) in [6.45, 7) is 4.92. The van der Waals surface area contributed by atoms with Gasteiger partial charge in [-0.15, -0.1) is 0 Å². The number of rotatable bonds is 0. The number of ether oxygens (including phenoxy) is 1. The van der Waals surface area contributed by atoms with Gasteiger partial charge in [-0.05, 0) is 19.9 Å². The molecule has 0 spiro atoms. The first-order valence-electron chi connectivity index (χ1n) is 5.34. The lowest BCUT2D eigenvalue weighted by molar-refractivity contribution is -0.0484. The largest absolute Gasteiger partial charge is 0.493 e. The zero-order valence-electron chi connectivity index (χ0n) is 8.99. The lowest BCUT2D eigenvalue weighted by Crippen LogP contribution is -2.36. The van der Waals surface area contributed by atoms with E-state index in [0.29, 0.717) is 5.92 Å². The molecule has 2 atom stereocenters. The first-order chi connectivity index (χ1) is 7.18. The molecule has 0 amide bonds. The van der Waals surface area contributed by atoms with E-state index in [1.807, 2.05) is 18.2 Å². The van der Waals surface area contributed by atoms with Crippen LogP contribution in [0.25, 0.3) is 0 Å². The second kappa shape index (κ2) is 2.97. The maximum Gasteiger partial charge on any atom is 0.124 e. The zero-order chi connectivity index (χ0) is 10.5. The smallest absolute Gasteiger partial charge is 0.124 e. The van der Waals surface area contributed by atoms with Gasteiger partial charge in [0.2, 0.25) is 0 Å². The van der Waals surface area contributed by atoms with E-state index in [1.54, 1.807) is 0 Å². The fourth-order valence-electron chi connectivity index (χ4n) is 2.40. The molecule has 15 heavy (non-hydrogen) atoms. The number of hydrogen-bond donors (Lipinski definition) is 1. The predicted octanol–water partition coefficient (Wildman–Crippen LogP) is 2.05. The lowest BCUT2D eigenvalue weighted by atomic mass is 9.82. The molecule has 3 nitrogen and oxygen atoms in total. The third-order valence-corrected chi connectivity index (χ3v) is 3.42. The van der Waals surface area contributed by atoms with Crippen LogP contribution in [-0.4, -0.2) is 12.2 Å². The number of benzene rings is 1. The molecule has 0 radical (unpaired) electrons. The van der Waals surface area contributed by atoms with E-state index in [9.17, 15) is 0 Å². The van der Waals surface area contributed by atoms with Gasteiger partial charge >= 0.3 is 0 Å². The molecule has 0 bridgehead atoms. The van der Waals surface area contributed by atoms with Crippen molar-refractivity contribution in [2.24, 2.45) is 5.92 Å². The van der Waals surface area contributed by atoms with Gasteiger partial charge in [-0.2, -0.15) is 5.48 Å². The van der Waals surface area contributed by atoms with Crippen molar-refractivity contribution in [1.82, 2.24) is 5.48 Å². The minimum atomic E-state index is -0.155. The average molecular weight is 205 g/mol. The van der Waals surface area contributed by atoms with Crippen LogP contribution in [0.1, 0.15) is 25.5 Å². The number of hydrogen-bond acceptors (Lipinski definition) is 3. The maximum atomic E-state index is 5.75. The van der Waals surface area contributed by atoms with Gasteiger partial charge in [0.15, 0.2) is 0 Å². The van der Waals surface area contributed by atoms with E-state index in [1.165, 1.54) is 5.56 Å². The van der Waals surface area contributed by atoms with Crippen molar-refractivity contribution in [3.05, 3.63) is 29.8 Å². The third-order valence-electron chi connectivity index (χ3n) is 3.42. The summed E-state index contributed by atoms with van der Waals surface area (Å²) in [6, 6.07) is 8.42. The summed E-state index contributed by atoms with van der Waals surface area (Å²) in [4.78, 5) is 5.61. The molecule has 3 heteroatoms. The summed E-state index contributed by atoms with van der Waals surface area (Å²) in [5.74, 6) is 1.36. The van der Waals surface area contributed by atoms with Crippen LogP contribution in [0, 0.1) is 5.92 Å². The van der Waals surface area contributed by atoms with Gasteiger partial charge in [0.05, 0.1) is 18.2 Å². The van der Waals surface area contributed by atoms with Crippen LogP contribution < -0.4 is 10.2 Å². The van der Waals surface area contributed by atoms with Crippen molar-refractivity contribution in [2.45, 2.75) is 25.5 Å². The van der Waals surface area contributed by atoms with E-state index in [4.69, 9.17) is 9.57 Å². The maximum absolute atomic E-state index is 5.75.